The molecular weight excluding hydrogens is 362 g/mol. The quantitative estimate of drug-likeness (QED) is 0.730. The number of aromatic nitrogens is 2. The van der Waals surface area contributed by atoms with E-state index in [-0.39, 0.29) is 11.0 Å². The number of amides is 1. The fourth-order valence-electron chi connectivity index (χ4n) is 2.87. The number of carbonyl (C=O) groups is 1. The molecule has 2 aromatic heterocycles. The van der Waals surface area contributed by atoms with Crippen molar-refractivity contribution in [2.75, 3.05) is 6.61 Å². The molecule has 142 valence electrons. The maximum absolute atomic E-state index is 12.7. The molecule has 3 rings (SSSR count). The minimum atomic E-state index is -0.538. The van der Waals surface area contributed by atoms with Crippen LogP contribution in [0.2, 0.25) is 0 Å². The molecule has 0 aliphatic rings. The standard InChI is InChI=1S/C20H23N3O3S/c1-12-15-18(27-16(12)17(21)24)22-11-23(19(15)25)9-10-26-14-7-5-13(6-8-14)20(2,3)4/h5-8,11H,9-10H2,1-4H3,(H2,21,24). The first-order chi connectivity index (χ1) is 12.7. The van der Waals surface area contributed by atoms with Crippen LogP contribution in [0.3, 0.4) is 0 Å². The van der Waals surface area contributed by atoms with Crippen molar-refractivity contribution >= 4 is 27.5 Å². The highest BCUT2D eigenvalue weighted by Crippen LogP contribution is 2.26. The Kier molecular flexibility index (Phi) is 5.06. The Labute approximate surface area is 161 Å². The molecule has 0 saturated heterocycles. The second kappa shape index (κ2) is 7.15. The van der Waals surface area contributed by atoms with Gasteiger partial charge < -0.3 is 10.5 Å². The van der Waals surface area contributed by atoms with Gasteiger partial charge in [-0.3, -0.25) is 14.2 Å². The first-order valence-corrected chi connectivity index (χ1v) is 9.52. The molecule has 0 saturated carbocycles. The third-order valence-corrected chi connectivity index (χ3v) is 5.68. The highest BCUT2D eigenvalue weighted by Gasteiger charge is 2.17. The number of benzene rings is 1. The minimum absolute atomic E-state index is 0.0923. The number of carbonyl (C=O) groups excluding carboxylic acids is 1. The third kappa shape index (κ3) is 3.88. The van der Waals surface area contributed by atoms with E-state index in [1.165, 1.54) is 16.5 Å². The van der Waals surface area contributed by atoms with E-state index in [2.05, 4.69) is 37.9 Å². The van der Waals surface area contributed by atoms with Gasteiger partial charge in [-0.1, -0.05) is 32.9 Å². The van der Waals surface area contributed by atoms with Crippen molar-refractivity contribution in [2.45, 2.75) is 39.7 Å². The van der Waals surface area contributed by atoms with Crippen LogP contribution in [0.25, 0.3) is 10.2 Å². The normalized spacial score (nSPS) is 11.7. The van der Waals surface area contributed by atoms with Gasteiger partial charge in [0.2, 0.25) is 0 Å². The second-order valence-electron chi connectivity index (χ2n) is 7.47. The number of nitrogens with two attached hydrogens (primary N) is 1. The number of ether oxygens (including phenoxy) is 1. The van der Waals surface area contributed by atoms with Gasteiger partial charge in [0.25, 0.3) is 11.5 Å². The molecule has 2 N–H and O–H groups in total. The van der Waals surface area contributed by atoms with Crippen molar-refractivity contribution in [2.24, 2.45) is 5.73 Å². The predicted molar refractivity (Wildman–Crippen MR) is 108 cm³/mol. The maximum atomic E-state index is 12.7. The van der Waals surface area contributed by atoms with Crippen LogP contribution in [0.15, 0.2) is 35.4 Å². The highest BCUT2D eigenvalue weighted by molar-refractivity contribution is 7.20. The van der Waals surface area contributed by atoms with Crippen molar-refractivity contribution in [3.8, 4) is 5.75 Å². The Morgan fingerprint density at radius 1 is 1.26 bits per heavy atom. The molecule has 0 aliphatic carbocycles. The van der Waals surface area contributed by atoms with E-state index in [1.54, 1.807) is 6.92 Å². The van der Waals surface area contributed by atoms with Crippen LogP contribution < -0.4 is 16.0 Å². The number of hydrogen-bond acceptors (Lipinski definition) is 5. The smallest absolute Gasteiger partial charge is 0.262 e. The van der Waals surface area contributed by atoms with Crippen LogP contribution in [0.1, 0.15) is 41.6 Å². The van der Waals surface area contributed by atoms with E-state index >= 15 is 0 Å². The van der Waals surface area contributed by atoms with E-state index in [1.807, 2.05) is 12.1 Å². The average molecular weight is 385 g/mol. The van der Waals surface area contributed by atoms with Crippen molar-refractivity contribution in [1.82, 2.24) is 9.55 Å². The molecule has 0 unspecified atom stereocenters. The Bertz CT molecular complexity index is 1040. The maximum Gasteiger partial charge on any atom is 0.262 e. The van der Waals surface area contributed by atoms with Gasteiger partial charge >= 0.3 is 0 Å². The van der Waals surface area contributed by atoms with E-state index in [9.17, 15) is 9.59 Å². The number of rotatable bonds is 5. The first kappa shape index (κ1) is 19.1. The van der Waals surface area contributed by atoms with Gasteiger partial charge in [-0.15, -0.1) is 11.3 Å². The molecule has 1 amide bonds. The minimum Gasteiger partial charge on any atom is -0.492 e. The molecule has 0 atom stereocenters. The topological polar surface area (TPSA) is 87.2 Å². The summed E-state index contributed by atoms with van der Waals surface area (Å²) in [5.41, 5.74) is 7.09. The molecule has 27 heavy (non-hydrogen) atoms. The van der Waals surface area contributed by atoms with Crippen LogP contribution in [0.4, 0.5) is 0 Å². The van der Waals surface area contributed by atoms with Gasteiger partial charge in [0.15, 0.2) is 0 Å². The number of aryl methyl sites for hydroxylation is 1. The molecule has 0 aliphatic heterocycles. The van der Waals surface area contributed by atoms with Crippen LogP contribution in [-0.2, 0) is 12.0 Å². The summed E-state index contributed by atoms with van der Waals surface area (Å²) in [5.74, 6) is 0.219. The summed E-state index contributed by atoms with van der Waals surface area (Å²) in [6.45, 7) is 8.91. The summed E-state index contributed by atoms with van der Waals surface area (Å²) in [5, 5.41) is 0.450. The Balaban J connectivity index is 1.74. The first-order valence-electron chi connectivity index (χ1n) is 8.70. The molecule has 7 heteroatoms. The lowest BCUT2D eigenvalue weighted by Crippen LogP contribution is -2.23. The number of primary amides is 1. The summed E-state index contributed by atoms with van der Waals surface area (Å²) in [4.78, 5) is 29.4. The van der Waals surface area contributed by atoms with E-state index < -0.39 is 5.91 Å². The summed E-state index contributed by atoms with van der Waals surface area (Å²) in [6, 6.07) is 7.98. The number of fused-ring (bicyclic) bond motifs is 1. The summed E-state index contributed by atoms with van der Waals surface area (Å²) in [6.07, 6.45) is 1.48. The molecule has 3 aromatic rings. The lowest BCUT2D eigenvalue weighted by molar-refractivity contribution is 0.100. The number of hydrogen-bond donors (Lipinski definition) is 1. The Morgan fingerprint density at radius 2 is 1.93 bits per heavy atom. The van der Waals surface area contributed by atoms with Crippen LogP contribution in [0, 0.1) is 6.92 Å². The summed E-state index contributed by atoms with van der Waals surface area (Å²) in [7, 11) is 0. The fourth-order valence-corrected chi connectivity index (χ4v) is 3.86. The highest BCUT2D eigenvalue weighted by atomic mass is 32.1. The molecule has 6 nitrogen and oxygen atoms in total. The van der Waals surface area contributed by atoms with Gasteiger partial charge in [0.1, 0.15) is 17.2 Å². The zero-order chi connectivity index (χ0) is 19.8. The fraction of sp³-hybridized carbons (Fsp3) is 0.350. The molecule has 0 radical (unpaired) electrons. The summed E-state index contributed by atoms with van der Waals surface area (Å²) < 4.78 is 7.26. The zero-order valence-electron chi connectivity index (χ0n) is 15.9. The van der Waals surface area contributed by atoms with Crippen molar-refractivity contribution in [3.63, 3.8) is 0 Å². The molecular formula is C20H23N3O3S. The number of thiophene rings is 1. The SMILES string of the molecule is Cc1c(C(N)=O)sc2ncn(CCOc3ccc(C(C)(C)C)cc3)c(=O)c12. The summed E-state index contributed by atoms with van der Waals surface area (Å²) >= 11 is 1.15. The molecule has 0 spiro atoms. The predicted octanol–water partition coefficient (Wildman–Crippen LogP) is 3.24. The monoisotopic (exact) mass is 385 g/mol. The second-order valence-corrected chi connectivity index (χ2v) is 8.47. The van der Waals surface area contributed by atoms with Crippen LogP contribution in [-0.4, -0.2) is 22.1 Å². The van der Waals surface area contributed by atoms with E-state index in [0.717, 1.165) is 17.1 Å². The molecule has 0 fully saturated rings. The van der Waals surface area contributed by atoms with Gasteiger partial charge in [-0.05, 0) is 35.6 Å². The van der Waals surface area contributed by atoms with Gasteiger partial charge in [0, 0.05) is 0 Å². The lowest BCUT2D eigenvalue weighted by Gasteiger charge is -2.19. The number of nitrogens with zero attached hydrogens (tertiary/aromatic N) is 2. The lowest BCUT2D eigenvalue weighted by atomic mass is 9.87. The van der Waals surface area contributed by atoms with Crippen molar-refractivity contribution in [3.05, 3.63) is 57.0 Å². The van der Waals surface area contributed by atoms with Gasteiger partial charge in [0.05, 0.1) is 23.1 Å². The Morgan fingerprint density at radius 3 is 2.52 bits per heavy atom. The average Bonchev–Trinajstić information content (AvgIpc) is 2.94. The van der Waals surface area contributed by atoms with Crippen LogP contribution >= 0.6 is 11.3 Å². The van der Waals surface area contributed by atoms with Gasteiger partial charge in [-0.2, -0.15) is 0 Å². The van der Waals surface area contributed by atoms with Crippen molar-refractivity contribution < 1.29 is 9.53 Å². The molecule has 0 bridgehead atoms. The van der Waals surface area contributed by atoms with Crippen LogP contribution in [0.5, 0.6) is 5.75 Å². The molecule has 2 heterocycles. The van der Waals surface area contributed by atoms with Crippen molar-refractivity contribution in [1.29, 1.82) is 0 Å². The molecule has 1 aromatic carbocycles. The van der Waals surface area contributed by atoms with E-state index in [4.69, 9.17) is 10.5 Å². The Hall–Kier alpha value is -2.67. The largest absolute Gasteiger partial charge is 0.492 e. The van der Waals surface area contributed by atoms with E-state index in [0.29, 0.717) is 33.8 Å². The van der Waals surface area contributed by atoms with Gasteiger partial charge in [-0.25, -0.2) is 4.98 Å². The zero-order valence-corrected chi connectivity index (χ0v) is 16.7. The third-order valence-electron chi connectivity index (χ3n) is 4.46.